The standard InChI is InChI=1S/C19H16N4O3/c1-25-17-5-3-2-4-15(17)16-10-18(23-22-16)21-19(24)12-26-14-8-6-13(11-20)7-9-14/h2-10H,12H2,1H3,(H2,21,22,23,24). The molecule has 0 spiro atoms. The number of aromatic nitrogens is 2. The normalized spacial score (nSPS) is 10.0. The van der Waals surface area contributed by atoms with Crippen LogP contribution in [0.2, 0.25) is 0 Å². The van der Waals surface area contributed by atoms with E-state index >= 15 is 0 Å². The minimum atomic E-state index is -0.340. The van der Waals surface area contributed by atoms with E-state index in [0.717, 1.165) is 11.3 Å². The van der Waals surface area contributed by atoms with E-state index in [0.29, 0.717) is 22.9 Å². The molecule has 2 N–H and O–H groups in total. The number of hydrogen-bond donors (Lipinski definition) is 2. The maximum absolute atomic E-state index is 12.0. The lowest BCUT2D eigenvalue weighted by Crippen LogP contribution is -2.20. The number of hydrogen-bond acceptors (Lipinski definition) is 5. The number of carbonyl (C=O) groups is 1. The van der Waals surface area contributed by atoms with Gasteiger partial charge >= 0.3 is 0 Å². The summed E-state index contributed by atoms with van der Waals surface area (Å²) in [6.07, 6.45) is 0. The molecular formula is C19H16N4O3. The third-order valence-electron chi connectivity index (χ3n) is 3.60. The molecule has 0 atom stereocenters. The maximum Gasteiger partial charge on any atom is 0.263 e. The molecule has 0 unspecified atom stereocenters. The molecule has 0 aliphatic rings. The molecular weight excluding hydrogens is 332 g/mol. The zero-order valence-electron chi connectivity index (χ0n) is 14.0. The molecule has 1 heterocycles. The smallest absolute Gasteiger partial charge is 0.263 e. The van der Waals surface area contributed by atoms with E-state index in [4.69, 9.17) is 14.7 Å². The lowest BCUT2D eigenvalue weighted by atomic mass is 10.1. The van der Waals surface area contributed by atoms with Crippen molar-refractivity contribution in [3.63, 3.8) is 0 Å². The monoisotopic (exact) mass is 348 g/mol. The molecule has 26 heavy (non-hydrogen) atoms. The van der Waals surface area contributed by atoms with Crippen molar-refractivity contribution in [2.45, 2.75) is 0 Å². The van der Waals surface area contributed by atoms with E-state index in [2.05, 4.69) is 15.5 Å². The van der Waals surface area contributed by atoms with Gasteiger partial charge in [0.05, 0.1) is 24.4 Å². The van der Waals surface area contributed by atoms with Crippen molar-refractivity contribution in [3.05, 3.63) is 60.2 Å². The van der Waals surface area contributed by atoms with Crippen LogP contribution in [0.4, 0.5) is 5.82 Å². The quantitative estimate of drug-likeness (QED) is 0.713. The van der Waals surface area contributed by atoms with Crippen molar-refractivity contribution in [2.75, 3.05) is 19.0 Å². The molecule has 7 nitrogen and oxygen atoms in total. The molecule has 1 aromatic heterocycles. The van der Waals surface area contributed by atoms with Crippen LogP contribution in [0.25, 0.3) is 11.3 Å². The van der Waals surface area contributed by atoms with Crippen molar-refractivity contribution >= 4 is 11.7 Å². The van der Waals surface area contributed by atoms with E-state index in [9.17, 15) is 4.79 Å². The Bertz CT molecular complexity index is 942. The summed E-state index contributed by atoms with van der Waals surface area (Å²) in [7, 11) is 1.60. The fourth-order valence-electron chi connectivity index (χ4n) is 2.34. The van der Waals surface area contributed by atoms with Crippen molar-refractivity contribution in [3.8, 4) is 28.8 Å². The third-order valence-corrected chi connectivity index (χ3v) is 3.60. The molecule has 7 heteroatoms. The Kier molecular flexibility index (Phi) is 5.15. The molecule has 0 saturated heterocycles. The summed E-state index contributed by atoms with van der Waals surface area (Å²) in [4.78, 5) is 12.0. The topological polar surface area (TPSA) is 100 Å². The van der Waals surface area contributed by atoms with Crippen LogP contribution in [0.15, 0.2) is 54.6 Å². The third kappa shape index (κ3) is 3.99. The minimum Gasteiger partial charge on any atom is -0.496 e. The SMILES string of the molecule is COc1ccccc1-c1cc(NC(=O)COc2ccc(C#N)cc2)n[nH]1. The second-order valence-electron chi connectivity index (χ2n) is 5.34. The van der Waals surface area contributed by atoms with Crippen LogP contribution in [-0.2, 0) is 4.79 Å². The zero-order valence-corrected chi connectivity index (χ0v) is 14.0. The molecule has 130 valence electrons. The summed E-state index contributed by atoms with van der Waals surface area (Å²) in [5.74, 6) is 1.26. The number of nitrogens with zero attached hydrogens (tertiary/aromatic N) is 2. The van der Waals surface area contributed by atoms with Gasteiger partial charge in [0.15, 0.2) is 12.4 Å². The number of H-pyrrole nitrogens is 1. The van der Waals surface area contributed by atoms with Crippen LogP contribution in [0.3, 0.4) is 0 Å². The van der Waals surface area contributed by atoms with Crippen LogP contribution in [0, 0.1) is 11.3 Å². The number of methoxy groups -OCH3 is 1. The molecule has 1 amide bonds. The average Bonchev–Trinajstić information content (AvgIpc) is 3.15. The minimum absolute atomic E-state index is 0.164. The molecule has 0 fully saturated rings. The highest BCUT2D eigenvalue weighted by Gasteiger charge is 2.11. The molecule has 3 aromatic rings. The number of aromatic amines is 1. The first-order valence-electron chi connectivity index (χ1n) is 7.81. The maximum atomic E-state index is 12.0. The van der Waals surface area contributed by atoms with Gasteiger partial charge in [-0.1, -0.05) is 12.1 Å². The van der Waals surface area contributed by atoms with Gasteiger partial charge in [-0.25, -0.2) is 0 Å². The number of benzene rings is 2. The number of carbonyl (C=O) groups excluding carboxylic acids is 1. The van der Waals surface area contributed by atoms with Gasteiger partial charge in [0.2, 0.25) is 0 Å². The summed E-state index contributed by atoms with van der Waals surface area (Å²) in [6.45, 7) is -0.164. The fourth-order valence-corrected chi connectivity index (χ4v) is 2.34. The summed E-state index contributed by atoms with van der Waals surface area (Å²) in [6, 6.07) is 17.8. The Morgan fingerprint density at radius 3 is 2.73 bits per heavy atom. The van der Waals surface area contributed by atoms with Gasteiger partial charge < -0.3 is 14.8 Å². The first kappa shape index (κ1) is 17.0. The lowest BCUT2D eigenvalue weighted by Gasteiger charge is -2.06. The predicted octanol–water partition coefficient (Wildman–Crippen LogP) is 2.97. The Morgan fingerprint density at radius 2 is 2.00 bits per heavy atom. The lowest BCUT2D eigenvalue weighted by molar-refractivity contribution is -0.118. The summed E-state index contributed by atoms with van der Waals surface area (Å²) < 4.78 is 10.7. The van der Waals surface area contributed by atoms with Gasteiger partial charge in [-0.3, -0.25) is 9.89 Å². The van der Waals surface area contributed by atoms with E-state index in [-0.39, 0.29) is 12.5 Å². The van der Waals surface area contributed by atoms with E-state index in [1.165, 1.54) is 0 Å². The predicted molar refractivity (Wildman–Crippen MR) is 95.9 cm³/mol. The highest BCUT2D eigenvalue weighted by atomic mass is 16.5. The Balaban J connectivity index is 1.60. The van der Waals surface area contributed by atoms with Crippen LogP contribution >= 0.6 is 0 Å². The number of anilines is 1. The first-order valence-corrected chi connectivity index (χ1v) is 7.81. The number of para-hydroxylation sites is 1. The Labute approximate surface area is 150 Å². The van der Waals surface area contributed by atoms with Crippen molar-refractivity contribution in [1.82, 2.24) is 10.2 Å². The largest absolute Gasteiger partial charge is 0.496 e. The van der Waals surface area contributed by atoms with E-state index in [1.807, 2.05) is 30.3 Å². The van der Waals surface area contributed by atoms with Crippen LogP contribution in [0.5, 0.6) is 11.5 Å². The van der Waals surface area contributed by atoms with Gasteiger partial charge in [-0.15, -0.1) is 0 Å². The zero-order chi connectivity index (χ0) is 18.4. The van der Waals surface area contributed by atoms with Gasteiger partial charge in [0, 0.05) is 11.6 Å². The number of nitrogens with one attached hydrogen (secondary N) is 2. The molecule has 0 bridgehead atoms. The summed E-state index contributed by atoms with van der Waals surface area (Å²) in [5, 5.41) is 18.4. The fraction of sp³-hybridized carbons (Fsp3) is 0.105. The van der Waals surface area contributed by atoms with Gasteiger partial charge in [0.1, 0.15) is 11.5 Å². The molecule has 0 saturated carbocycles. The molecule has 2 aromatic carbocycles. The Morgan fingerprint density at radius 1 is 1.23 bits per heavy atom. The van der Waals surface area contributed by atoms with E-state index < -0.39 is 0 Å². The molecule has 0 aliphatic carbocycles. The van der Waals surface area contributed by atoms with Crippen LogP contribution in [-0.4, -0.2) is 29.8 Å². The van der Waals surface area contributed by atoms with E-state index in [1.54, 1.807) is 37.4 Å². The average molecular weight is 348 g/mol. The van der Waals surface area contributed by atoms with Gasteiger partial charge in [-0.2, -0.15) is 10.4 Å². The van der Waals surface area contributed by atoms with Crippen LogP contribution in [0.1, 0.15) is 5.56 Å². The second kappa shape index (κ2) is 7.85. The second-order valence-corrected chi connectivity index (χ2v) is 5.34. The molecule has 0 radical (unpaired) electrons. The number of amides is 1. The number of nitriles is 1. The Hall–Kier alpha value is -3.79. The summed E-state index contributed by atoms with van der Waals surface area (Å²) >= 11 is 0. The number of ether oxygens (including phenoxy) is 2. The van der Waals surface area contributed by atoms with Crippen LogP contribution < -0.4 is 14.8 Å². The number of rotatable bonds is 6. The highest BCUT2D eigenvalue weighted by Crippen LogP contribution is 2.29. The first-order chi connectivity index (χ1) is 12.7. The van der Waals surface area contributed by atoms with Crippen molar-refractivity contribution in [2.24, 2.45) is 0 Å². The van der Waals surface area contributed by atoms with Crippen molar-refractivity contribution < 1.29 is 14.3 Å². The summed E-state index contributed by atoms with van der Waals surface area (Å²) in [5.41, 5.74) is 2.10. The van der Waals surface area contributed by atoms with Gasteiger partial charge in [0.25, 0.3) is 5.91 Å². The molecule has 3 rings (SSSR count). The highest BCUT2D eigenvalue weighted by molar-refractivity contribution is 5.91. The molecule has 0 aliphatic heterocycles. The van der Waals surface area contributed by atoms with Gasteiger partial charge in [-0.05, 0) is 36.4 Å². The van der Waals surface area contributed by atoms with Crippen molar-refractivity contribution in [1.29, 1.82) is 5.26 Å².